The maximum atomic E-state index is 12.2. The molecule has 0 unspecified atom stereocenters. The Balaban J connectivity index is 3.17. The Morgan fingerprint density at radius 1 is 1.65 bits per heavy atom. The SMILES string of the molecule is C#CCN(CCC)S(=O)(=O)c1ncn(C)c1Cl. The largest absolute Gasteiger partial charge is 0.324 e. The molecule has 0 aliphatic rings. The number of hydrogen-bond donors (Lipinski definition) is 0. The molecule has 0 bridgehead atoms. The fourth-order valence-electron chi connectivity index (χ4n) is 1.32. The first-order chi connectivity index (χ1) is 7.95. The zero-order valence-corrected chi connectivity index (χ0v) is 11.3. The van der Waals surface area contributed by atoms with E-state index in [2.05, 4.69) is 10.9 Å². The van der Waals surface area contributed by atoms with Gasteiger partial charge in [-0.3, -0.25) is 0 Å². The van der Waals surface area contributed by atoms with Gasteiger partial charge in [-0.2, -0.15) is 4.31 Å². The molecule has 17 heavy (non-hydrogen) atoms. The quantitative estimate of drug-likeness (QED) is 0.757. The van der Waals surface area contributed by atoms with Crippen LogP contribution in [0.15, 0.2) is 11.4 Å². The van der Waals surface area contributed by atoms with Gasteiger partial charge in [0.1, 0.15) is 5.15 Å². The van der Waals surface area contributed by atoms with Gasteiger partial charge in [0.05, 0.1) is 12.9 Å². The van der Waals surface area contributed by atoms with E-state index in [1.54, 1.807) is 7.05 Å². The lowest BCUT2D eigenvalue weighted by atomic mass is 10.5. The molecule has 0 aliphatic heterocycles. The van der Waals surface area contributed by atoms with Crippen LogP contribution < -0.4 is 0 Å². The van der Waals surface area contributed by atoms with E-state index in [9.17, 15) is 8.42 Å². The molecule has 1 heterocycles. The summed E-state index contributed by atoms with van der Waals surface area (Å²) in [5.74, 6) is 2.32. The third-order valence-corrected chi connectivity index (χ3v) is 4.50. The minimum atomic E-state index is -3.71. The van der Waals surface area contributed by atoms with Crippen LogP contribution in [0.25, 0.3) is 0 Å². The fraction of sp³-hybridized carbons (Fsp3) is 0.500. The van der Waals surface area contributed by atoms with Gasteiger partial charge in [0.15, 0.2) is 0 Å². The minimum Gasteiger partial charge on any atom is -0.324 e. The molecular weight excluding hydrogens is 262 g/mol. The summed E-state index contributed by atoms with van der Waals surface area (Å²) < 4.78 is 27.1. The van der Waals surface area contributed by atoms with Crippen molar-refractivity contribution in [2.24, 2.45) is 7.05 Å². The zero-order valence-electron chi connectivity index (χ0n) is 9.72. The fourth-order valence-corrected chi connectivity index (χ4v) is 3.16. The first-order valence-electron chi connectivity index (χ1n) is 5.05. The lowest BCUT2D eigenvalue weighted by molar-refractivity contribution is 0.443. The Hall–Kier alpha value is -1.03. The van der Waals surface area contributed by atoms with Gasteiger partial charge in [0, 0.05) is 13.6 Å². The number of halogens is 1. The average molecular weight is 276 g/mol. The summed E-state index contributed by atoms with van der Waals surface area (Å²) in [6.07, 6.45) is 7.19. The van der Waals surface area contributed by atoms with Crippen molar-refractivity contribution in [3.05, 3.63) is 11.5 Å². The predicted molar refractivity (Wildman–Crippen MR) is 66.1 cm³/mol. The van der Waals surface area contributed by atoms with Gasteiger partial charge in [-0.1, -0.05) is 24.4 Å². The maximum absolute atomic E-state index is 12.2. The van der Waals surface area contributed by atoms with E-state index in [4.69, 9.17) is 18.0 Å². The maximum Gasteiger partial charge on any atom is 0.264 e. The number of imidazole rings is 1. The van der Waals surface area contributed by atoms with Crippen molar-refractivity contribution in [2.45, 2.75) is 18.4 Å². The highest BCUT2D eigenvalue weighted by Crippen LogP contribution is 2.22. The summed E-state index contributed by atoms with van der Waals surface area (Å²) in [5, 5.41) is -0.0616. The van der Waals surface area contributed by atoms with Crippen LogP contribution in [0.5, 0.6) is 0 Å². The highest BCUT2D eigenvalue weighted by molar-refractivity contribution is 7.89. The molecule has 0 radical (unpaired) electrons. The van der Waals surface area contributed by atoms with Crippen molar-refractivity contribution < 1.29 is 8.42 Å². The molecular formula is C10H14ClN3O2S. The number of rotatable bonds is 5. The van der Waals surface area contributed by atoms with Gasteiger partial charge in [0.2, 0.25) is 5.03 Å². The number of terminal acetylenes is 1. The normalized spacial score (nSPS) is 11.7. The summed E-state index contributed by atoms with van der Waals surface area (Å²) in [5.41, 5.74) is 0. The monoisotopic (exact) mass is 275 g/mol. The zero-order chi connectivity index (χ0) is 13.1. The van der Waals surface area contributed by atoms with E-state index in [1.165, 1.54) is 15.2 Å². The first kappa shape index (κ1) is 14.0. The van der Waals surface area contributed by atoms with Crippen molar-refractivity contribution >= 4 is 21.6 Å². The van der Waals surface area contributed by atoms with Crippen molar-refractivity contribution in [1.82, 2.24) is 13.9 Å². The number of sulfonamides is 1. The van der Waals surface area contributed by atoms with E-state index in [-0.39, 0.29) is 16.7 Å². The highest BCUT2D eigenvalue weighted by Gasteiger charge is 2.28. The van der Waals surface area contributed by atoms with Crippen LogP contribution in [0, 0.1) is 12.3 Å². The van der Waals surface area contributed by atoms with E-state index in [1.807, 2.05) is 6.92 Å². The smallest absolute Gasteiger partial charge is 0.264 e. The molecule has 0 saturated carbocycles. The second-order valence-electron chi connectivity index (χ2n) is 3.49. The van der Waals surface area contributed by atoms with Crippen molar-refractivity contribution in [2.75, 3.05) is 13.1 Å². The average Bonchev–Trinajstić information content (AvgIpc) is 2.60. The topological polar surface area (TPSA) is 55.2 Å². The summed E-state index contributed by atoms with van der Waals surface area (Å²) in [4.78, 5) is 3.81. The Kier molecular flexibility index (Phi) is 4.57. The van der Waals surface area contributed by atoms with Crippen LogP contribution >= 0.6 is 11.6 Å². The van der Waals surface area contributed by atoms with Crippen LogP contribution in [-0.2, 0) is 17.1 Å². The third kappa shape index (κ3) is 2.80. The van der Waals surface area contributed by atoms with Gasteiger partial charge in [-0.15, -0.1) is 6.42 Å². The van der Waals surface area contributed by atoms with Gasteiger partial charge >= 0.3 is 0 Å². The predicted octanol–water partition coefficient (Wildman–Crippen LogP) is 1.11. The molecule has 0 aromatic carbocycles. The molecule has 7 heteroatoms. The summed E-state index contributed by atoms with van der Waals surface area (Å²) in [7, 11) is -2.08. The second-order valence-corrected chi connectivity index (χ2v) is 5.71. The van der Waals surface area contributed by atoms with Gasteiger partial charge in [0.25, 0.3) is 10.0 Å². The minimum absolute atomic E-state index is 0.0169. The molecule has 0 spiro atoms. The highest BCUT2D eigenvalue weighted by atomic mass is 35.5. The molecule has 0 saturated heterocycles. The van der Waals surface area contributed by atoms with E-state index in [0.717, 1.165) is 0 Å². The molecule has 0 amide bonds. The molecule has 5 nitrogen and oxygen atoms in total. The van der Waals surface area contributed by atoms with Gasteiger partial charge in [-0.25, -0.2) is 13.4 Å². The number of aryl methyl sites for hydroxylation is 1. The molecule has 0 aliphatic carbocycles. The summed E-state index contributed by atoms with van der Waals surface area (Å²) >= 11 is 5.88. The van der Waals surface area contributed by atoms with E-state index in [0.29, 0.717) is 13.0 Å². The Morgan fingerprint density at radius 2 is 2.29 bits per heavy atom. The van der Waals surface area contributed by atoms with E-state index >= 15 is 0 Å². The molecule has 0 atom stereocenters. The number of aromatic nitrogens is 2. The molecule has 0 fully saturated rings. The third-order valence-electron chi connectivity index (χ3n) is 2.16. The number of nitrogens with zero attached hydrogens (tertiary/aromatic N) is 3. The van der Waals surface area contributed by atoms with Crippen molar-refractivity contribution in [1.29, 1.82) is 0 Å². The van der Waals surface area contributed by atoms with Crippen molar-refractivity contribution in [3.8, 4) is 12.3 Å². The Labute approximate surface area is 106 Å². The van der Waals surface area contributed by atoms with Gasteiger partial charge < -0.3 is 4.57 Å². The van der Waals surface area contributed by atoms with Crippen LogP contribution in [0.1, 0.15) is 13.3 Å². The molecule has 1 rings (SSSR count). The van der Waals surface area contributed by atoms with Crippen LogP contribution in [0.4, 0.5) is 0 Å². The number of hydrogen-bond acceptors (Lipinski definition) is 3. The Morgan fingerprint density at radius 3 is 2.71 bits per heavy atom. The van der Waals surface area contributed by atoms with Crippen LogP contribution in [-0.4, -0.2) is 35.4 Å². The molecule has 1 aromatic rings. The molecule has 1 aromatic heterocycles. The Bertz CT molecular complexity index is 530. The summed E-state index contributed by atoms with van der Waals surface area (Å²) in [6, 6.07) is 0. The second kappa shape index (κ2) is 5.54. The first-order valence-corrected chi connectivity index (χ1v) is 6.87. The standard InChI is InChI=1S/C10H14ClN3O2S/c1-4-6-14(7-5-2)17(15,16)10-9(11)13(3)8-12-10/h1,8H,5-7H2,2-3H3. The van der Waals surface area contributed by atoms with E-state index < -0.39 is 10.0 Å². The molecule has 0 N–H and O–H groups in total. The molecule has 94 valence electrons. The van der Waals surface area contributed by atoms with Crippen LogP contribution in [0.2, 0.25) is 5.15 Å². The van der Waals surface area contributed by atoms with Crippen molar-refractivity contribution in [3.63, 3.8) is 0 Å². The lowest BCUT2D eigenvalue weighted by Gasteiger charge is -2.17. The summed E-state index contributed by atoms with van der Waals surface area (Å²) in [6.45, 7) is 2.24. The van der Waals surface area contributed by atoms with Gasteiger partial charge in [-0.05, 0) is 6.42 Å². The lowest BCUT2D eigenvalue weighted by Crippen LogP contribution is -2.32. The van der Waals surface area contributed by atoms with Crippen LogP contribution in [0.3, 0.4) is 0 Å².